The maximum atomic E-state index is 13.1. The number of amides is 1. The summed E-state index contributed by atoms with van der Waals surface area (Å²) < 4.78 is 7.40. The van der Waals surface area contributed by atoms with Gasteiger partial charge in [0.2, 0.25) is 5.43 Å². The van der Waals surface area contributed by atoms with E-state index in [-0.39, 0.29) is 5.69 Å². The predicted octanol–water partition coefficient (Wildman–Crippen LogP) is 4.38. The van der Waals surface area contributed by atoms with Gasteiger partial charge < -0.3 is 14.7 Å². The van der Waals surface area contributed by atoms with E-state index in [9.17, 15) is 14.7 Å². The van der Waals surface area contributed by atoms with E-state index in [2.05, 4.69) is 0 Å². The summed E-state index contributed by atoms with van der Waals surface area (Å²) in [4.78, 5) is 26.7. The molecule has 1 aliphatic heterocycles. The van der Waals surface area contributed by atoms with E-state index in [0.29, 0.717) is 26.4 Å². The Bertz CT molecular complexity index is 1230. The fourth-order valence-electron chi connectivity index (χ4n) is 3.78. The Kier molecular flexibility index (Phi) is 8.73. The maximum absolute atomic E-state index is 13.1. The second kappa shape index (κ2) is 11.9. The highest BCUT2D eigenvalue weighted by Gasteiger charge is 2.31. The minimum absolute atomic E-state index is 0.0234. The van der Waals surface area contributed by atoms with Gasteiger partial charge in [-0.2, -0.15) is 0 Å². The third-order valence-electron chi connectivity index (χ3n) is 5.77. The zero-order valence-electron chi connectivity index (χ0n) is 20.8. The van der Waals surface area contributed by atoms with Crippen molar-refractivity contribution in [2.45, 2.75) is 34.2 Å². The number of hydrogen-bond acceptors (Lipinski definition) is 5. The summed E-state index contributed by atoms with van der Waals surface area (Å²) in [5.74, 6) is -0.0944. The van der Waals surface area contributed by atoms with Crippen LogP contribution in [0.4, 0.5) is 0 Å². The van der Waals surface area contributed by atoms with Crippen LogP contribution in [0.2, 0.25) is 0 Å². The van der Waals surface area contributed by atoms with Gasteiger partial charge >= 0.3 is 0 Å². The fraction of sp³-hybridized carbons (Fsp3) is 0.286. The van der Waals surface area contributed by atoms with Crippen LogP contribution in [0.3, 0.4) is 0 Å². The summed E-state index contributed by atoms with van der Waals surface area (Å²) in [5.41, 5.74) is 2.72. The van der Waals surface area contributed by atoms with E-state index in [1.54, 1.807) is 9.58 Å². The lowest BCUT2D eigenvalue weighted by atomic mass is 10.1. The van der Waals surface area contributed by atoms with Crippen molar-refractivity contribution in [3.8, 4) is 11.5 Å². The molecule has 0 aliphatic carbocycles. The highest BCUT2D eigenvalue weighted by atomic mass is 16.5. The number of benzene rings is 2. The van der Waals surface area contributed by atoms with E-state index >= 15 is 0 Å². The van der Waals surface area contributed by atoms with Crippen molar-refractivity contribution in [1.82, 2.24) is 9.58 Å². The Morgan fingerprint density at radius 2 is 1.71 bits per heavy atom. The largest absolute Gasteiger partial charge is 0.502 e. The Labute approximate surface area is 206 Å². The van der Waals surface area contributed by atoms with Gasteiger partial charge in [0.15, 0.2) is 11.4 Å². The summed E-state index contributed by atoms with van der Waals surface area (Å²) >= 11 is 0. The number of fused-ring (bicyclic) bond motifs is 1. The van der Waals surface area contributed by atoms with Gasteiger partial charge in [-0.15, -0.1) is 0 Å². The number of pyridine rings is 1. The summed E-state index contributed by atoms with van der Waals surface area (Å²) in [6.07, 6.45) is 5.25. The Morgan fingerprint density at radius 3 is 2.46 bits per heavy atom. The molecule has 184 valence electrons. The number of ether oxygens (including phenoxy) is 1. The standard InChI is InChI=1S/C26H27N3O4.C2H6/c1-19-9-8-12-23(20(19)2)33-16-7-6-14-27-18-28(17-21-10-4-3-5-11-21)29-15-13-22(30)25(31)24(29)26(27)32;1-2/h3-13,15,31H,14,16-18H2,1-2H3;1-2H3/b7-6+;. The number of nitrogens with zero attached hydrogens (tertiary/aromatic N) is 3. The lowest BCUT2D eigenvalue weighted by molar-refractivity contribution is 0.0706. The third-order valence-corrected chi connectivity index (χ3v) is 5.77. The van der Waals surface area contributed by atoms with Crippen LogP contribution in [-0.2, 0) is 6.54 Å². The molecule has 0 atom stereocenters. The van der Waals surface area contributed by atoms with E-state index < -0.39 is 17.1 Å². The minimum atomic E-state index is -0.575. The van der Waals surface area contributed by atoms with E-state index in [1.165, 1.54) is 17.8 Å². The number of aryl methyl sites for hydroxylation is 1. The molecule has 0 saturated heterocycles. The van der Waals surface area contributed by atoms with Crippen LogP contribution in [0, 0.1) is 13.8 Å². The highest BCUT2D eigenvalue weighted by Crippen LogP contribution is 2.22. The smallest absolute Gasteiger partial charge is 0.278 e. The van der Waals surface area contributed by atoms with Crippen LogP contribution >= 0.6 is 0 Å². The normalized spacial score (nSPS) is 12.9. The molecule has 0 saturated carbocycles. The Hall–Kier alpha value is -4.00. The number of hydrogen-bond donors (Lipinski definition) is 1. The van der Waals surface area contributed by atoms with Crippen LogP contribution < -0.4 is 15.2 Å². The molecule has 1 amide bonds. The topological polar surface area (TPSA) is 75.0 Å². The van der Waals surface area contributed by atoms with Crippen molar-refractivity contribution >= 4 is 5.91 Å². The average molecular weight is 476 g/mol. The van der Waals surface area contributed by atoms with Crippen LogP contribution in [0.15, 0.2) is 77.7 Å². The van der Waals surface area contributed by atoms with Gasteiger partial charge in [-0.3, -0.25) is 19.3 Å². The average Bonchev–Trinajstić information content (AvgIpc) is 2.87. The summed E-state index contributed by atoms with van der Waals surface area (Å²) in [7, 11) is 0. The molecule has 7 nitrogen and oxygen atoms in total. The van der Waals surface area contributed by atoms with Gasteiger partial charge in [0.05, 0.1) is 6.54 Å². The van der Waals surface area contributed by atoms with Crippen LogP contribution in [-0.4, -0.2) is 40.4 Å². The molecule has 0 bridgehead atoms. The van der Waals surface area contributed by atoms with Crippen LogP contribution in [0.25, 0.3) is 0 Å². The maximum Gasteiger partial charge on any atom is 0.278 e. The first-order valence-corrected chi connectivity index (χ1v) is 11.8. The SMILES string of the molecule is CC.Cc1cccc(OC/C=C/CN2CN(Cc3ccccc3)n3ccc(=O)c(O)c3C2=O)c1C. The molecule has 0 fully saturated rings. The first-order valence-electron chi connectivity index (χ1n) is 11.8. The molecule has 1 aliphatic rings. The highest BCUT2D eigenvalue weighted by molar-refractivity contribution is 5.96. The van der Waals surface area contributed by atoms with Gasteiger partial charge in [0, 0.05) is 18.8 Å². The summed E-state index contributed by atoms with van der Waals surface area (Å²) in [5, 5.41) is 12.3. The van der Waals surface area contributed by atoms with Crippen molar-refractivity contribution in [1.29, 1.82) is 0 Å². The van der Waals surface area contributed by atoms with E-state index in [0.717, 1.165) is 16.9 Å². The number of rotatable bonds is 7. The van der Waals surface area contributed by atoms with Gasteiger partial charge in [-0.25, -0.2) is 0 Å². The van der Waals surface area contributed by atoms with Gasteiger partial charge in [0.1, 0.15) is 19.0 Å². The number of carbonyl (C=O) groups excluding carboxylic acids is 1. The molecule has 2 aromatic carbocycles. The van der Waals surface area contributed by atoms with Crippen molar-refractivity contribution in [3.63, 3.8) is 0 Å². The molecule has 3 aromatic rings. The predicted molar refractivity (Wildman–Crippen MR) is 139 cm³/mol. The molecular weight excluding hydrogens is 442 g/mol. The third kappa shape index (κ3) is 5.93. The lowest BCUT2D eigenvalue weighted by Crippen LogP contribution is -2.53. The first-order chi connectivity index (χ1) is 17.0. The van der Waals surface area contributed by atoms with Crippen LogP contribution in [0.1, 0.15) is 41.0 Å². The number of carbonyl (C=O) groups is 1. The minimum Gasteiger partial charge on any atom is -0.502 e. The molecule has 0 unspecified atom stereocenters. The molecule has 0 spiro atoms. The van der Waals surface area contributed by atoms with Gasteiger partial charge in [-0.1, -0.05) is 62.4 Å². The zero-order chi connectivity index (χ0) is 25.4. The van der Waals surface area contributed by atoms with Crippen molar-refractivity contribution in [2.75, 3.05) is 24.8 Å². The van der Waals surface area contributed by atoms with Crippen molar-refractivity contribution in [3.05, 3.63) is 106 Å². The summed E-state index contributed by atoms with van der Waals surface area (Å²) in [6.45, 7) is 9.59. The lowest BCUT2D eigenvalue weighted by Gasteiger charge is -2.39. The second-order valence-electron chi connectivity index (χ2n) is 8.02. The molecule has 0 radical (unpaired) electrons. The van der Waals surface area contributed by atoms with Crippen molar-refractivity contribution < 1.29 is 14.6 Å². The number of aromatic nitrogens is 1. The summed E-state index contributed by atoms with van der Waals surface area (Å²) in [6, 6.07) is 17.0. The Balaban J connectivity index is 0.00000167. The quantitative estimate of drug-likeness (QED) is 0.513. The molecule has 4 rings (SSSR count). The molecule has 35 heavy (non-hydrogen) atoms. The molecular formula is C28H33N3O4. The van der Waals surface area contributed by atoms with Gasteiger partial charge in [0.25, 0.3) is 5.91 Å². The Morgan fingerprint density at radius 1 is 0.971 bits per heavy atom. The van der Waals surface area contributed by atoms with Crippen molar-refractivity contribution in [2.24, 2.45) is 0 Å². The number of aromatic hydroxyl groups is 1. The first kappa shape index (κ1) is 25.6. The van der Waals surface area contributed by atoms with E-state index in [1.807, 2.05) is 93.4 Å². The molecule has 1 N–H and O–H groups in total. The molecule has 2 heterocycles. The van der Waals surface area contributed by atoms with Crippen LogP contribution in [0.5, 0.6) is 11.5 Å². The fourth-order valence-corrected chi connectivity index (χ4v) is 3.78. The molecule has 1 aromatic heterocycles. The second-order valence-corrected chi connectivity index (χ2v) is 8.02. The van der Waals surface area contributed by atoms with Gasteiger partial charge in [-0.05, 0) is 42.7 Å². The van der Waals surface area contributed by atoms with E-state index in [4.69, 9.17) is 4.74 Å². The molecule has 7 heteroatoms. The monoisotopic (exact) mass is 475 g/mol. The zero-order valence-corrected chi connectivity index (χ0v) is 20.8.